The molecule has 2 N–H and O–H groups in total. The minimum absolute atomic E-state index is 0.123. The molecule has 0 heterocycles. The second-order valence-electron chi connectivity index (χ2n) is 6.94. The number of carbonyl (C=O) groups is 2. The van der Waals surface area contributed by atoms with E-state index in [0.717, 1.165) is 16.8 Å². The van der Waals surface area contributed by atoms with Crippen LogP contribution in [0, 0.1) is 13.8 Å². The Morgan fingerprint density at radius 1 is 0.750 bits per heavy atom. The van der Waals surface area contributed by atoms with E-state index in [9.17, 15) is 9.59 Å². The molecular weight excluding hydrogens is 348 g/mol. The van der Waals surface area contributed by atoms with E-state index in [-0.39, 0.29) is 17.9 Å². The fourth-order valence-electron chi connectivity index (χ4n) is 2.93. The normalized spacial score (nSPS) is 11.5. The van der Waals surface area contributed by atoms with Crippen molar-refractivity contribution >= 4 is 17.5 Å². The van der Waals surface area contributed by atoms with Crippen LogP contribution in [0.3, 0.4) is 0 Å². The second kappa shape index (κ2) is 8.53. The van der Waals surface area contributed by atoms with E-state index in [0.29, 0.717) is 11.1 Å². The lowest BCUT2D eigenvalue weighted by Crippen LogP contribution is -2.27. The summed E-state index contributed by atoms with van der Waals surface area (Å²) in [7, 11) is 0. The van der Waals surface area contributed by atoms with Crippen LogP contribution in [0.1, 0.15) is 50.4 Å². The molecule has 3 aromatic carbocycles. The van der Waals surface area contributed by atoms with Crippen molar-refractivity contribution in [3.63, 3.8) is 0 Å². The fraction of sp³-hybridized carbons (Fsp3) is 0.167. The number of nitrogens with one attached hydrogen (secondary N) is 2. The zero-order valence-corrected chi connectivity index (χ0v) is 16.3. The molecule has 0 fully saturated rings. The molecule has 0 aliphatic carbocycles. The van der Waals surface area contributed by atoms with Gasteiger partial charge < -0.3 is 10.6 Å². The SMILES string of the molecule is Cc1ccc(NC(=O)c2cccc(C(=O)NC(C)c3ccccc3)c2)cc1C. The first-order chi connectivity index (χ1) is 13.4. The lowest BCUT2D eigenvalue weighted by Gasteiger charge is -2.14. The van der Waals surface area contributed by atoms with Crippen molar-refractivity contribution in [2.24, 2.45) is 0 Å². The van der Waals surface area contributed by atoms with E-state index >= 15 is 0 Å². The lowest BCUT2D eigenvalue weighted by atomic mass is 10.1. The van der Waals surface area contributed by atoms with Crippen molar-refractivity contribution in [2.75, 3.05) is 5.32 Å². The van der Waals surface area contributed by atoms with Crippen molar-refractivity contribution in [3.05, 3.63) is 101 Å². The third-order valence-corrected chi connectivity index (χ3v) is 4.80. The predicted octanol–water partition coefficient (Wildman–Crippen LogP) is 5.05. The van der Waals surface area contributed by atoms with Gasteiger partial charge in [-0.1, -0.05) is 42.5 Å². The third kappa shape index (κ3) is 4.65. The van der Waals surface area contributed by atoms with Gasteiger partial charge in [-0.2, -0.15) is 0 Å². The van der Waals surface area contributed by atoms with Gasteiger partial charge in [0.2, 0.25) is 0 Å². The summed E-state index contributed by atoms with van der Waals surface area (Å²) < 4.78 is 0. The Hall–Kier alpha value is -3.40. The minimum Gasteiger partial charge on any atom is -0.346 e. The zero-order valence-electron chi connectivity index (χ0n) is 16.3. The number of hydrogen-bond acceptors (Lipinski definition) is 2. The molecule has 142 valence electrons. The summed E-state index contributed by atoms with van der Waals surface area (Å²) in [6.07, 6.45) is 0. The molecule has 28 heavy (non-hydrogen) atoms. The number of anilines is 1. The first kappa shape index (κ1) is 19.4. The second-order valence-corrected chi connectivity index (χ2v) is 6.94. The summed E-state index contributed by atoms with van der Waals surface area (Å²) in [6, 6.07) is 22.2. The predicted molar refractivity (Wildman–Crippen MR) is 113 cm³/mol. The maximum Gasteiger partial charge on any atom is 0.255 e. The maximum absolute atomic E-state index is 12.6. The van der Waals surface area contributed by atoms with E-state index in [1.165, 1.54) is 5.56 Å². The average Bonchev–Trinajstić information content (AvgIpc) is 2.71. The first-order valence-corrected chi connectivity index (χ1v) is 9.28. The van der Waals surface area contributed by atoms with Gasteiger partial charge in [0.15, 0.2) is 0 Å². The molecule has 0 radical (unpaired) electrons. The van der Waals surface area contributed by atoms with Gasteiger partial charge in [-0.15, -0.1) is 0 Å². The molecule has 0 aliphatic rings. The van der Waals surface area contributed by atoms with Crippen LogP contribution in [0.5, 0.6) is 0 Å². The van der Waals surface area contributed by atoms with Gasteiger partial charge in [-0.25, -0.2) is 0 Å². The molecule has 1 atom stereocenters. The average molecular weight is 372 g/mol. The first-order valence-electron chi connectivity index (χ1n) is 9.28. The molecule has 0 aromatic heterocycles. The summed E-state index contributed by atoms with van der Waals surface area (Å²) in [5, 5.41) is 5.86. The highest BCUT2D eigenvalue weighted by molar-refractivity contribution is 6.06. The molecule has 3 rings (SSSR count). The number of amides is 2. The van der Waals surface area contributed by atoms with Gasteiger partial charge >= 0.3 is 0 Å². The Morgan fingerprint density at radius 2 is 1.43 bits per heavy atom. The van der Waals surface area contributed by atoms with Crippen LogP contribution in [0.15, 0.2) is 72.8 Å². The molecule has 0 saturated heterocycles. The van der Waals surface area contributed by atoms with E-state index in [1.54, 1.807) is 24.3 Å². The Labute approximate surface area is 165 Å². The zero-order chi connectivity index (χ0) is 20.1. The smallest absolute Gasteiger partial charge is 0.255 e. The van der Waals surface area contributed by atoms with Crippen LogP contribution in [-0.2, 0) is 0 Å². The topological polar surface area (TPSA) is 58.2 Å². The number of rotatable bonds is 5. The van der Waals surface area contributed by atoms with Crippen LogP contribution >= 0.6 is 0 Å². The van der Waals surface area contributed by atoms with Crippen LogP contribution in [0.4, 0.5) is 5.69 Å². The summed E-state index contributed by atoms with van der Waals surface area (Å²) in [4.78, 5) is 25.2. The Bertz CT molecular complexity index is 996. The van der Waals surface area contributed by atoms with Gasteiger partial charge in [-0.3, -0.25) is 9.59 Å². The number of carbonyl (C=O) groups excluding carboxylic acids is 2. The van der Waals surface area contributed by atoms with Crippen LogP contribution < -0.4 is 10.6 Å². The fourth-order valence-corrected chi connectivity index (χ4v) is 2.93. The van der Waals surface area contributed by atoms with E-state index in [1.807, 2.05) is 69.3 Å². The highest BCUT2D eigenvalue weighted by atomic mass is 16.2. The van der Waals surface area contributed by atoms with E-state index < -0.39 is 0 Å². The largest absolute Gasteiger partial charge is 0.346 e. The lowest BCUT2D eigenvalue weighted by molar-refractivity contribution is 0.0940. The molecule has 1 unspecified atom stereocenters. The third-order valence-electron chi connectivity index (χ3n) is 4.80. The standard InChI is InChI=1S/C24H24N2O2/c1-16-12-13-22(14-17(16)2)26-24(28)21-11-7-10-20(15-21)23(27)25-18(3)19-8-5-4-6-9-19/h4-15,18H,1-3H3,(H,25,27)(H,26,28). The number of hydrogen-bond donors (Lipinski definition) is 2. The molecule has 3 aromatic rings. The molecule has 0 spiro atoms. The van der Waals surface area contributed by atoms with Gasteiger partial charge in [0.05, 0.1) is 6.04 Å². The van der Waals surface area contributed by atoms with Crippen LogP contribution in [0.2, 0.25) is 0 Å². The van der Waals surface area contributed by atoms with Crippen molar-refractivity contribution in [1.29, 1.82) is 0 Å². The summed E-state index contributed by atoms with van der Waals surface area (Å²) in [5.74, 6) is -0.453. The Morgan fingerprint density at radius 3 is 2.11 bits per heavy atom. The van der Waals surface area contributed by atoms with Crippen molar-refractivity contribution in [1.82, 2.24) is 5.32 Å². The molecular formula is C24H24N2O2. The number of benzene rings is 3. The molecule has 4 heteroatoms. The van der Waals surface area contributed by atoms with Gasteiger partial charge in [-0.05, 0) is 67.8 Å². The minimum atomic E-state index is -0.242. The van der Waals surface area contributed by atoms with E-state index in [4.69, 9.17) is 0 Å². The highest BCUT2D eigenvalue weighted by Crippen LogP contribution is 2.17. The molecule has 0 bridgehead atoms. The van der Waals surface area contributed by atoms with Crippen molar-refractivity contribution in [2.45, 2.75) is 26.8 Å². The van der Waals surface area contributed by atoms with Crippen LogP contribution in [-0.4, -0.2) is 11.8 Å². The summed E-state index contributed by atoms with van der Waals surface area (Å²) in [6.45, 7) is 5.97. The highest BCUT2D eigenvalue weighted by Gasteiger charge is 2.14. The van der Waals surface area contributed by atoms with Gasteiger partial charge in [0, 0.05) is 16.8 Å². The summed E-state index contributed by atoms with van der Waals surface area (Å²) >= 11 is 0. The van der Waals surface area contributed by atoms with Gasteiger partial charge in [0.1, 0.15) is 0 Å². The monoisotopic (exact) mass is 372 g/mol. The molecule has 4 nitrogen and oxygen atoms in total. The van der Waals surface area contributed by atoms with Crippen LogP contribution in [0.25, 0.3) is 0 Å². The van der Waals surface area contributed by atoms with Crippen molar-refractivity contribution < 1.29 is 9.59 Å². The maximum atomic E-state index is 12.6. The quantitative estimate of drug-likeness (QED) is 0.659. The Balaban J connectivity index is 1.71. The molecule has 2 amide bonds. The van der Waals surface area contributed by atoms with Crippen molar-refractivity contribution in [3.8, 4) is 0 Å². The summed E-state index contributed by atoms with van der Waals surface area (Å²) in [5.41, 5.74) is 4.94. The van der Waals surface area contributed by atoms with E-state index in [2.05, 4.69) is 10.6 Å². The van der Waals surface area contributed by atoms with Gasteiger partial charge in [0.25, 0.3) is 11.8 Å². The Kier molecular flexibility index (Phi) is 5.90. The molecule has 0 saturated carbocycles. The molecule has 0 aliphatic heterocycles. The number of aryl methyl sites for hydroxylation is 2.